The molecule has 1 aromatic heterocycles. The van der Waals surface area contributed by atoms with Crippen molar-refractivity contribution in [3.05, 3.63) is 54.3 Å². The fraction of sp³-hybridized carbons (Fsp3) is 0.238. The Bertz CT molecular complexity index is 1090. The molecule has 2 N–H and O–H groups in total. The molecule has 8 nitrogen and oxygen atoms in total. The van der Waals surface area contributed by atoms with E-state index in [-0.39, 0.29) is 17.8 Å². The fourth-order valence-electron chi connectivity index (χ4n) is 3.39. The molecule has 4 rings (SSSR count). The third-order valence-electron chi connectivity index (χ3n) is 4.91. The standard InChI is InChI=1S/C21H20FN5O3S/c1-30-17-7-3-2-5-15(17)23-21(29)27-12-4-6-16(27)18(28)24-20-26-25-19(31-20)13-8-10-14(22)11-9-13/h2-3,5,7-11,16H,4,6,12H2,1H3,(H,23,29)(H,24,26,28). The Morgan fingerprint density at radius 3 is 2.68 bits per heavy atom. The Kier molecular flexibility index (Phi) is 6.08. The van der Waals surface area contributed by atoms with E-state index in [1.54, 1.807) is 30.3 Å². The van der Waals surface area contributed by atoms with Crippen LogP contribution in [0.4, 0.5) is 20.0 Å². The van der Waals surface area contributed by atoms with E-state index in [1.807, 2.05) is 6.07 Å². The Balaban J connectivity index is 1.42. The van der Waals surface area contributed by atoms with Crippen LogP contribution in [0, 0.1) is 5.82 Å². The Morgan fingerprint density at radius 1 is 1.13 bits per heavy atom. The number of likely N-dealkylation sites (tertiary alicyclic amines) is 1. The minimum Gasteiger partial charge on any atom is -0.495 e. The maximum absolute atomic E-state index is 13.1. The van der Waals surface area contributed by atoms with Crippen molar-refractivity contribution < 1.29 is 18.7 Å². The lowest BCUT2D eigenvalue weighted by atomic mass is 10.2. The molecule has 1 unspecified atom stereocenters. The lowest BCUT2D eigenvalue weighted by molar-refractivity contribution is -0.119. The first-order valence-corrected chi connectivity index (χ1v) is 10.5. The lowest BCUT2D eigenvalue weighted by Gasteiger charge is -2.24. The summed E-state index contributed by atoms with van der Waals surface area (Å²) in [5.74, 6) is -0.123. The molecule has 1 fully saturated rings. The molecule has 1 saturated heterocycles. The second-order valence-corrected chi connectivity index (χ2v) is 7.87. The summed E-state index contributed by atoms with van der Waals surface area (Å²) in [6.07, 6.45) is 1.27. The molecule has 160 valence electrons. The minimum absolute atomic E-state index is 0.321. The maximum atomic E-state index is 13.1. The highest BCUT2D eigenvalue weighted by Crippen LogP contribution is 2.28. The van der Waals surface area contributed by atoms with Gasteiger partial charge in [-0.2, -0.15) is 0 Å². The van der Waals surface area contributed by atoms with Crippen molar-refractivity contribution >= 4 is 34.1 Å². The predicted molar refractivity (Wildman–Crippen MR) is 116 cm³/mol. The number of benzene rings is 2. The second-order valence-electron chi connectivity index (χ2n) is 6.89. The zero-order chi connectivity index (χ0) is 21.8. The van der Waals surface area contributed by atoms with E-state index < -0.39 is 6.04 Å². The Labute approximate surface area is 182 Å². The number of carbonyl (C=O) groups is 2. The van der Waals surface area contributed by atoms with Gasteiger partial charge in [-0.3, -0.25) is 10.1 Å². The highest BCUT2D eigenvalue weighted by atomic mass is 32.1. The topological polar surface area (TPSA) is 96.5 Å². The quantitative estimate of drug-likeness (QED) is 0.624. The van der Waals surface area contributed by atoms with Crippen LogP contribution in [0.5, 0.6) is 5.75 Å². The normalized spacial score (nSPS) is 15.5. The van der Waals surface area contributed by atoms with Gasteiger partial charge in [0, 0.05) is 12.1 Å². The number of amides is 3. The highest BCUT2D eigenvalue weighted by molar-refractivity contribution is 7.18. The first kappa shape index (κ1) is 20.7. The molecule has 1 atom stereocenters. The monoisotopic (exact) mass is 441 g/mol. The number of anilines is 2. The molecule has 0 radical (unpaired) electrons. The first-order valence-electron chi connectivity index (χ1n) is 9.66. The van der Waals surface area contributed by atoms with Crippen molar-refractivity contribution in [1.29, 1.82) is 0 Å². The molecule has 1 aliphatic heterocycles. The van der Waals surface area contributed by atoms with Gasteiger partial charge in [-0.25, -0.2) is 9.18 Å². The highest BCUT2D eigenvalue weighted by Gasteiger charge is 2.35. The van der Waals surface area contributed by atoms with Crippen molar-refractivity contribution in [1.82, 2.24) is 15.1 Å². The molecule has 2 heterocycles. The van der Waals surface area contributed by atoms with Crippen LogP contribution in [0.25, 0.3) is 10.6 Å². The lowest BCUT2D eigenvalue weighted by Crippen LogP contribution is -2.45. The summed E-state index contributed by atoms with van der Waals surface area (Å²) >= 11 is 1.18. The number of carbonyl (C=O) groups excluding carboxylic acids is 2. The zero-order valence-corrected chi connectivity index (χ0v) is 17.5. The van der Waals surface area contributed by atoms with E-state index in [2.05, 4.69) is 20.8 Å². The molecular formula is C21H20FN5O3S. The average molecular weight is 441 g/mol. The third-order valence-corrected chi connectivity index (χ3v) is 5.80. The predicted octanol–water partition coefficient (Wildman–Crippen LogP) is 3.99. The molecule has 0 bridgehead atoms. The van der Waals surface area contributed by atoms with Gasteiger partial charge in [0.2, 0.25) is 11.0 Å². The largest absolute Gasteiger partial charge is 0.495 e. The molecule has 31 heavy (non-hydrogen) atoms. The molecule has 0 aliphatic carbocycles. The van der Waals surface area contributed by atoms with Gasteiger partial charge in [-0.05, 0) is 49.2 Å². The summed E-state index contributed by atoms with van der Waals surface area (Å²) < 4.78 is 18.4. The molecular weight excluding hydrogens is 421 g/mol. The van der Waals surface area contributed by atoms with Crippen LogP contribution >= 0.6 is 11.3 Å². The molecule has 2 aromatic carbocycles. The average Bonchev–Trinajstić information content (AvgIpc) is 3.44. The number of urea groups is 1. The number of rotatable bonds is 5. The van der Waals surface area contributed by atoms with Gasteiger partial charge in [0.15, 0.2) is 0 Å². The molecule has 0 saturated carbocycles. The number of nitrogens with zero attached hydrogens (tertiary/aromatic N) is 3. The summed E-state index contributed by atoms with van der Waals surface area (Å²) in [7, 11) is 1.53. The molecule has 1 aliphatic rings. The molecule has 10 heteroatoms. The van der Waals surface area contributed by atoms with E-state index >= 15 is 0 Å². The van der Waals surface area contributed by atoms with Crippen molar-refractivity contribution in [2.75, 3.05) is 24.3 Å². The number of halogens is 1. The summed E-state index contributed by atoms with van der Waals surface area (Å²) in [5.41, 5.74) is 1.24. The first-order chi connectivity index (χ1) is 15.0. The van der Waals surface area contributed by atoms with Crippen LogP contribution < -0.4 is 15.4 Å². The van der Waals surface area contributed by atoms with Crippen LogP contribution in [0.2, 0.25) is 0 Å². The summed E-state index contributed by atoms with van der Waals surface area (Å²) in [6.45, 7) is 0.468. The van der Waals surface area contributed by atoms with Crippen molar-refractivity contribution in [3.63, 3.8) is 0 Å². The minimum atomic E-state index is -0.618. The van der Waals surface area contributed by atoms with E-state index in [1.165, 1.54) is 35.5 Å². The van der Waals surface area contributed by atoms with Gasteiger partial charge >= 0.3 is 6.03 Å². The van der Waals surface area contributed by atoms with Gasteiger partial charge in [0.1, 0.15) is 22.6 Å². The van der Waals surface area contributed by atoms with Crippen LogP contribution in [0.3, 0.4) is 0 Å². The molecule has 3 aromatic rings. The van der Waals surface area contributed by atoms with E-state index in [4.69, 9.17) is 4.74 Å². The summed E-state index contributed by atoms with van der Waals surface area (Å²) in [4.78, 5) is 27.1. The van der Waals surface area contributed by atoms with Gasteiger partial charge in [-0.1, -0.05) is 23.5 Å². The van der Waals surface area contributed by atoms with E-state index in [0.29, 0.717) is 46.5 Å². The summed E-state index contributed by atoms with van der Waals surface area (Å²) in [5, 5.41) is 14.5. The SMILES string of the molecule is COc1ccccc1NC(=O)N1CCCC1C(=O)Nc1nnc(-c2ccc(F)cc2)s1. The fourth-order valence-corrected chi connectivity index (χ4v) is 4.14. The zero-order valence-electron chi connectivity index (χ0n) is 16.7. The van der Waals surface area contributed by atoms with Crippen LogP contribution in [0.1, 0.15) is 12.8 Å². The van der Waals surface area contributed by atoms with Gasteiger partial charge in [0.05, 0.1) is 12.8 Å². The maximum Gasteiger partial charge on any atom is 0.322 e. The van der Waals surface area contributed by atoms with Crippen LogP contribution in [-0.2, 0) is 4.79 Å². The van der Waals surface area contributed by atoms with Gasteiger partial charge < -0.3 is 15.0 Å². The number of nitrogens with one attached hydrogen (secondary N) is 2. The Morgan fingerprint density at radius 2 is 1.90 bits per heavy atom. The van der Waals surface area contributed by atoms with Gasteiger partial charge in [-0.15, -0.1) is 10.2 Å². The number of para-hydroxylation sites is 2. The number of methoxy groups -OCH3 is 1. The van der Waals surface area contributed by atoms with E-state index in [0.717, 1.165) is 0 Å². The number of hydrogen-bond acceptors (Lipinski definition) is 6. The van der Waals surface area contributed by atoms with Crippen LogP contribution in [0.15, 0.2) is 48.5 Å². The number of aromatic nitrogens is 2. The smallest absolute Gasteiger partial charge is 0.322 e. The molecule has 0 spiro atoms. The number of ether oxygens (including phenoxy) is 1. The van der Waals surface area contributed by atoms with Crippen molar-refractivity contribution in [3.8, 4) is 16.3 Å². The van der Waals surface area contributed by atoms with Crippen LogP contribution in [-0.4, -0.2) is 46.7 Å². The Hall–Kier alpha value is -3.53. The van der Waals surface area contributed by atoms with Crippen molar-refractivity contribution in [2.45, 2.75) is 18.9 Å². The van der Waals surface area contributed by atoms with Crippen molar-refractivity contribution in [2.24, 2.45) is 0 Å². The second kappa shape index (κ2) is 9.09. The van der Waals surface area contributed by atoms with Gasteiger partial charge in [0.25, 0.3) is 0 Å². The summed E-state index contributed by atoms with van der Waals surface area (Å²) in [6, 6.07) is 12.0. The number of hydrogen-bond donors (Lipinski definition) is 2. The van der Waals surface area contributed by atoms with E-state index in [9.17, 15) is 14.0 Å². The molecule has 3 amide bonds. The third kappa shape index (κ3) is 4.64.